The Bertz CT molecular complexity index is 1040. The van der Waals surface area contributed by atoms with Crippen LogP contribution in [-0.2, 0) is 28.6 Å². The van der Waals surface area contributed by atoms with Crippen LogP contribution in [0.2, 0.25) is 0 Å². The molecular formula is C63H122O6. The summed E-state index contributed by atoms with van der Waals surface area (Å²) in [6, 6.07) is 0. The van der Waals surface area contributed by atoms with Gasteiger partial charge in [-0.05, 0) is 25.2 Å². The van der Waals surface area contributed by atoms with E-state index in [9.17, 15) is 14.4 Å². The lowest BCUT2D eigenvalue weighted by molar-refractivity contribution is -0.167. The van der Waals surface area contributed by atoms with E-state index in [1.807, 2.05) is 0 Å². The first-order chi connectivity index (χ1) is 33.9. The molecule has 0 radical (unpaired) electrons. The molecule has 0 aromatic heterocycles. The first-order valence-electron chi connectivity index (χ1n) is 31.4. The van der Waals surface area contributed by atoms with Crippen molar-refractivity contribution >= 4 is 17.9 Å². The molecule has 0 amide bonds. The Morgan fingerprint density at radius 2 is 0.478 bits per heavy atom. The van der Waals surface area contributed by atoms with E-state index in [0.29, 0.717) is 19.3 Å². The lowest BCUT2D eigenvalue weighted by atomic mass is 10.0. The Balaban J connectivity index is 4.27. The van der Waals surface area contributed by atoms with Crippen LogP contribution in [0.3, 0.4) is 0 Å². The maximum Gasteiger partial charge on any atom is 0.306 e. The molecule has 0 bridgehead atoms. The van der Waals surface area contributed by atoms with E-state index in [2.05, 4.69) is 27.7 Å². The summed E-state index contributed by atoms with van der Waals surface area (Å²) in [5.74, 6) is 0.00233. The number of unbranched alkanes of at least 4 members (excludes halogenated alkanes) is 45. The maximum atomic E-state index is 12.9. The highest BCUT2D eigenvalue weighted by Gasteiger charge is 2.19. The van der Waals surface area contributed by atoms with E-state index in [4.69, 9.17) is 14.2 Å². The molecule has 0 rings (SSSR count). The second-order valence-electron chi connectivity index (χ2n) is 22.2. The van der Waals surface area contributed by atoms with Crippen LogP contribution >= 0.6 is 0 Å². The number of hydrogen-bond acceptors (Lipinski definition) is 6. The molecule has 0 unspecified atom stereocenters. The van der Waals surface area contributed by atoms with Crippen LogP contribution in [0.4, 0.5) is 0 Å². The van der Waals surface area contributed by atoms with Gasteiger partial charge in [-0.15, -0.1) is 0 Å². The SMILES string of the molecule is CCCCCCCCCCCCCCCCCCCCCC(=O)OC[C@H](COC(=O)CCCCCCCCCCCCCCCCCCC)OC(=O)CCCCCCCCCCCCCCC(C)C. The van der Waals surface area contributed by atoms with Gasteiger partial charge in [0.2, 0.25) is 0 Å². The molecule has 0 fully saturated rings. The van der Waals surface area contributed by atoms with Crippen molar-refractivity contribution in [2.45, 2.75) is 368 Å². The summed E-state index contributed by atoms with van der Waals surface area (Å²) in [6.07, 6.45) is 63.9. The van der Waals surface area contributed by atoms with Crippen molar-refractivity contribution < 1.29 is 28.6 Å². The highest BCUT2D eigenvalue weighted by Crippen LogP contribution is 2.19. The second kappa shape index (κ2) is 57.3. The summed E-state index contributed by atoms with van der Waals surface area (Å²) < 4.78 is 16.9. The quantitative estimate of drug-likeness (QED) is 0.0343. The van der Waals surface area contributed by atoms with Crippen molar-refractivity contribution in [3.8, 4) is 0 Å². The Morgan fingerprint density at radius 1 is 0.275 bits per heavy atom. The fraction of sp³-hybridized carbons (Fsp3) is 0.952. The lowest BCUT2D eigenvalue weighted by Gasteiger charge is -2.18. The second-order valence-corrected chi connectivity index (χ2v) is 22.2. The smallest absolute Gasteiger partial charge is 0.306 e. The molecule has 0 aromatic carbocycles. The zero-order valence-electron chi connectivity index (χ0n) is 47.3. The summed E-state index contributed by atoms with van der Waals surface area (Å²) in [6.45, 7) is 9.08. The minimum Gasteiger partial charge on any atom is -0.462 e. The summed E-state index contributed by atoms with van der Waals surface area (Å²) in [5.41, 5.74) is 0. The number of rotatable bonds is 58. The van der Waals surface area contributed by atoms with Gasteiger partial charge in [-0.1, -0.05) is 323 Å². The minimum absolute atomic E-state index is 0.0615. The van der Waals surface area contributed by atoms with Gasteiger partial charge in [-0.3, -0.25) is 14.4 Å². The molecule has 0 saturated heterocycles. The first kappa shape index (κ1) is 67.4. The van der Waals surface area contributed by atoms with Gasteiger partial charge in [-0.25, -0.2) is 0 Å². The molecule has 1 atom stereocenters. The number of esters is 3. The number of ether oxygens (including phenoxy) is 3. The average Bonchev–Trinajstić information content (AvgIpc) is 3.34. The Labute approximate surface area is 431 Å². The van der Waals surface area contributed by atoms with Gasteiger partial charge in [0.25, 0.3) is 0 Å². The monoisotopic (exact) mass is 975 g/mol. The van der Waals surface area contributed by atoms with Crippen LogP contribution in [-0.4, -0.2) is 37.2 Å². The van der Waals surface area contributed by atoms with Crippen LogP contribution in [0.5, 0.6) is 0 Å². The molecule has 410 valence electrons. The third kappa shape index (κ3) is 57.2. The van der Waals surface area contributed by atoms with E-state index >= 15 is 0 Å². The van der Waals surface area contributed by atoms with Gasteiger partial charge in [0.15, 0.2) is 6.10 Å². The summed E-state index contributed by atoms with van der Waals surface area (Å²) in [5, 5.41) is 0. The van der Waals surface area contributed by atoms with E-state index in [1.54, 1.807) is 0 Å². The van der Waals surface area contributed by atoms with Crippen molar-refractivity contribution in [3.05, 3.63) is 0 Å². The molecule has 0 N–H and O–H groups in total. The fourth-order valence-electron chi connectivity index (χ4n) is 9.81. The topological polar surface area (TPSA) is 78.9 Å². The molecule has 0 saturated carbocycles. The molecule has 6 nitrogen and oxygen atoms in total. The number of carbonyl (C=O) groups excluding carboxylic acids is 3. The molecule has 0 heterocycles. The van der Waals surface area contributed by atoms with Crippen molar-refractivity contribution in [1.29, 1.82) is 0 Å². The fourth-order valence-corrected chi connectivity index (χ4v) is 9.81. The van der Waals surface area contributed by atoms with Gasteiger partial charge in [0, 0.05) is 19.3 Å². The van der Waals surface area contributed by atoms with Crippen LogP contribution < -0.4 is 0 Å². The Morgan fingerprint density at radius 3 is 0.710 bits per heavy atom. The predicted molar refractivity (Wildman–Crippen MR) is 298 cm³/mol. The predicted octanol–water partition coefficient (Wildman–Crippen LogP) is 21.0. The normalized spacial score (nSPS) is 12.0. The highest BCUT2D eigenvalue weighted by molar-refractivity contribution is 5.71. The minimum atomic E-state index is -0.763. The molecule has 6 heteroatoms. The standard InChI is InChI=1S/C63H122O6/c1-5-7-9-11-13-15-17-19-21-23-24-26-28-30-35-39-43-47-51-55-62(65)68-58-60(69-63(66)56-52-48-44-40-36-32-31-33-37-41-45-49-53-59(3)4)57-67-61(64)54-50-46-42-38-34-29-27-25-22-20-18-16-14-12-10-8-6-2/h59-60H,5-58H2,1-4H3/t60-/m0/s1. The molecule has 0 spiro atoms. The summed E-state index contributed by atoms with van der Waals surface area (Å²) in [4.78, 5) is 38.3. The van der Waals surface area contributed by atoms with E-state index in [-0.39, 0.29) is 31.1 Å². The third-order valence-electron chi connectivity index (χ3n) is 14.5. The lowest BCUT2D eigenvalue weighted by Crippen LogP contribution is -2.30. The van der Waals surface area contributed by atoms with Gasteiger partial charge in [0.05, 0.1) is 0 Å². The average molecular weight is 976 g/mol. The van der Waals surface area contributed by atoms with Crippen molar-refractivity contribution in [1.82, 2.24) is 0 Å². The van der Waals surface area contributed by atoms with Crippen LogP contribution in [0.25, 0.3) is 0 Å². The first-order valence-corrected chi connectivity index (χ1v) is 31.4. The Hall–Kier alpha value is -1.59. The molecule has 0 aliphatic carbocycles. The van der Waals surface area contributed by atoms with Crippen LogP contribution in [0, 0.1) is 5.92 Å². The Kier molecular flexibility index (Phi) is 56.0. The number of carbonyl (C=O) groups is 3. The van der Waals surface area contributed by atoms with E-state index in [1.165, 1.54) is 257 Å². The van der Waals surface area contributed by atoms with Crippen LogP contribution in [0.1, 0.15) is 362 Å². The van der Waals surface area contributed by atoms with Crippen molar-refractivity contribution in [2.75, 3.05) is 13.2 Å². The number of hydrogen-bond donors (Lipinski definition) is 0. The van der Waals surface area contributed by atoms with Gasteiger partial charge >= 0.3 is 17.9 Å². The van der Waals surface area contributed by atoms with Crippen molar-refractivity contribution in [2.24, 2.45) is 5.92 Å². The van der Waals surface area contributed by atoms with Gasteiger partial charge < -0.3 is 14.2 Å². The molecule has 0 aliphatic heterocycles. The molecule has 0 aromatic rings. The zero-order valence-corrected chi connectivity index (χ0v) is 47.3. The van der Waals surface area contributed by atoms with E-state index in [0.717, 1.165) is 63.7 Å². The summed E-state index contributed by atoms with van der Waals surface area (Å²) in [7, 11) is 0. The molecule has 0 aliphatic rings. The maximum absolute atomic E-state index is 12.9. The van der Waals surface area contributed by atoms with Crippen LogP contribution in [0.15, 0.2) is 0 Å². The molecular weight excluding hydrogens is 853 g/mol. The van der Waals surface area contributed by atoms with Gasteiger partial charge in [-0.2, -0.15) is 0 Å². The highest BCUT2D eigenvalue weighted by atomic mass is 16.6. The van der Waals surface area contributed by atoms with E-state index < -0.39 is 6.10 Å². The summed E-state index contributed by atoms with van der Waals surface area (Å²) >= 11 is 0. The largest absolute Gasteiger partial charge is 0.462 e. The zero-order chi connectivity index (χ0) is 50.2. The van der Waals surface area contributed by atoms with Crippen molar-refractivity contribution in [3.63, 3.8) is 0 Å². The third-order valence-corrected chi connectivity index (χ3v) is 14.5. The van der Waals surface area contributed by atoms with Gasteiger partial charge in [0.1, 0.15) is 13.2 Å². The molecule has 69 heavy (non-hydrogen) atoms.